The van der Waals surface area contributed by atoms with Crippen LogP contribution in [0, 0.1) is 17.1 Å². The predicted octanol–water partition coefficient (Wildman–Crippen LogP) is 6.78. The minimum atomic E-state index is -0.336. The monoisotopic (exact) mass is 545 g/mol. The molecule has 190 valence electrons. The Labute approximate surface area is 228 Å². The molecule has 6 rings (SSSR count). The van der Waals surface area contributed by atoms with Gasteiger partial charge < -0.3 is 16.1 Å². The van der Waals surface area contributed by atoms with Crippen LogP contribution in [0.2, 0.25) is 10.0 Å². The lowest BCUT2D eigenvalue weighted by molar-refractivity contribution is 0.260. The Morgan fingerprint density at radius 1 is 1.08 bits per heavy atom. The second-order valence-corrected chi connectivity index (χ2v) is 10.1. The summed E-state index contributed by atoms with van der Waals surface area (Å²) in [4.78, 5) is 4.44. The second-order valence-electron chi connectivity index (χ2n) is 9.24. The van der Waals surface area contributed by atoms with E-state index < -0.39 is 0 Å². The Balaban J connectivity index is 1.42. The molecule has 1 aromatic heterocycles. The molecule has 0 radical (unpaired) electrons. The summed E-state index contributed by atoms with van der Waals surface area (Å²) < 4.78 is 13.7. The number of halogens is 3. The van der Waals surface area contributed by atoms with Crippen LogP contribution in [0.25, 0.3) is 10.9 Å². The summed E-state index contributed by atoms with van der Waals surface area (Å²) in [6.45, 7) is 0. The van der Waals surface area contributed by atoms with E-state index in [1.54, 1.807) is 30.3 Å². The smallest absolute Gasteiger partial charge is 0.123 e. The van der Waals surface area contributed by atoms with Crippen LogP contribution in [-0.4, -0.2) is 16.0 Å². The van der Waals surface area contributed by atoms with E-state index in [0.29, 0.717) is 43.9 Å². The zero-order chi connectivity index (χ0) is 26.2. The molecule has 2 aliphatic rings. The van der Waals surface area contributed by atoms with Crippen LogP contribution in [0.3, 0.4) is 0 Å². The van der Waals surface area contributed by atoms with Crippen molar-refractivity contribution in [3.8, 4) is 6.07 Å². The Hall–Kier alpha value is -4.03. The Kier molecular flexibility index (Phi) is 6.42. The normalized spacial score (nSPS) is 15.5. The number of aromatic nitrogens is 1. The van der Waals surface area contributed by atoms with Gasteiger partial charge in [-0.15, -0.1) is 5.53 Å². The predicted molar refractivity (Wildman–Crippen MR) is 148 cm³/mol. The first-order valence-corrected chi connectivity index (χ1v) is 12.8. The van der Waals surface area contributed by atoms with Gasteiger partial charge in [0.25, 0.3) is 0 Å². The van der Waals surface area contributed by atoms with Gasteiger partial charge in [-0.3, -0.25) is 9.99 Å². The number of rotatable bonds is 7. The molecule has 1 saturated carbocycles. The van der Waals surface area contributed by atoms with E-state index >= 15 is 0 Å². The van der Waals surface area contributed by atoms with Crippen LogP contribution in [0.15, 0.2) is 78.8 Å². The number of benzene rings is 3. The summed E-state index contributed by atoms with van der Waals surface area (Å²) in [5.74, 6) is -0.306. The number of nitrogens with one attached hydrogen (secondary N) is 4. The molecule has 4 N–H and O–H groups in total. The lowest BCUT2D eigenvalue weighted by Crippen LogP contribution is -2.38. The highest BCUT2D eigenvalue weighted by atomic mass is 35.5. The van der Waals surface area contributed by atoms with Crippen molar-refractivity contribution in [1.82, 2.24) is 21.0 Å². The number of nitrogens with zero attached hydrogens (tertiary/aromatic N) is 3. The summed E-state index contributed by atoms with van der Waals surface area (Å²) in [7, 11) is 0. The van der Waals surface area contributed by atoms with Gasteiger partial charge in [0, 0.05) is 40.2 Å². The van der Waals surface area contributed by atoms with Gasteiger partial charge in [0.15, 0.2) is 0 Å². The van der Waals surface area contributed by atoms with Gasteiger partial charge in [0.1, 0.15) is 11.9 Å². The Morgan fingerprint density at radius 3 is 2.63 bits per heavy atom. The third-order valence-corrected chi connectivity index (χ3v) is 7.04. The van der Waals surface area contributed by atoms with Gasteiger partial charge >= 0.3 is 0 Å². The van der Waals surface area contributed by atoms with Crippen molar-refractivity contribution < 1.29 is 4.39 Å². The molecule has 1 aliphatic carbocycles. The zero-order valence-corrected chi connectivity index (χ0v) is 21.5. The lowest BCUT2D eigenvalue weighted by atomic mass is 10.0. The fraction of sp³-hybridized carbons (Fsp3) is 0.143. The summed E-state index contributed by atoms with van der Waals surface area (Å²) >= 11 is 12.9. The number of anilines is 3. The minimum absolute atomic E-state index is 0.306. The maximum Gasteiger partial charge on any atom is 0.123 e. The van der Waals surface area contributed by atoms with Crippen molar-refractivity contribution in [1.29, 1.82) is 5.26 Å². The number of fused-ring (bicyclic) bond motifs is 1. The van der Waals surface area contributed by atoms with Crippen molar-refractivity contribution in [2.45, 2.75) is 24.9 Å². The molecule has 0 saturated heterocycles. The molecule has 10 heteroatoms. The van der Waals surface area contributed by atoms with Crippen LogP contribution < -0.4 is 21.6 Å². The number of hydrazine groups is 2. The first-order valence-electron chi connectivity index (χ1n) is 12.1. The van der Waals surface area contributed by atoms with Crippen LogP contribution in [-0.2, 0) is 0 Å². The van der Waals surface area contributed by atoms with E-state index in [-0.39, 0.29) is 11.9 Å². The van der Waals surface area contributed by atoms with Crippen LogP contribution >= 0.6 is 23.2 Å². The van der Waals surface area contributed by atoms with Gasteiger partial charge in [-0.05, 0) is 60.9 Å². The molecule has 1 atom stereocenters. The number of hydrogen-bond acceptors (Lipinski definition) is 7. The molecule has 4 aromatic rings. The molecular weight excluding hydrogens is 524 g/mol. The van der Waals surface area contributed by atoms with Crippen LogP contribution in [0.1, 0.15) is 30.0 Å². The highest BCUT2D eigenvalue weighted by Crippen LogP contribution is 2.37. The topological polar surface area (TPSA) is 88.0 Å². The molecule has 38 heavy (non-hydrogen) atoms. The van der Waals surface area contributed by atoms with E-state index in [0.717, 1.165) is 29.8 Å². The third kappa shape index (κ3) is 4.92. The standard InChI is InChI=1S/C28H22Cl2FN7/c29-18-2-1-3-20(10-18)34-26-17(13-32)14-33-28-23(26)11-21(12-24(28)30)35-27(16-4-6-19(31)7-5-16)25-15-38(37-36-25)22-8-9-22/h1-7,10-12,14-15,22,27,35-37H,8-9H2,(H,33,34). The van der Waals surface area contributed by atoms with Crippen molar-refractivity contribution in [2.75, 3.05) is 10.6 Å². The molecule has 0 amide bonds. The average molecular weight is 546 g/mol. The molecule has 1 unspecified atom stereocenters. The highest BCUT2D eigenvalue weighted by Gasteiger charge is 2.32. The fourth-order valence-corrected chi connectivity index (χ4v) is 4.93. The van der Waals surface area contributed by atoms with Gasteiger partial charge in [-0.2, -0.15) is 5.26 Å². The van der Waals surface area contributed by atoms with Crippen LogP contribution in [0.5, 0.6) is 0 Å². The number of hydrogen-bond donors (Lipinski definition) is 4. The SMILES string of the molecule is N#Cc1cnc2c(Cl)cc(NC(C3=CN(C4CC4)NN3)c3ccc(F)cc3)cc2c1Nc1cccc(Cl)c1. The van der Waals surface area contributed by atoms with E-state index in [1.807, 2.05) is 24.4 Å². The fourth-order valence-electron chi connectivity index (χ4n) is 4.48. The largest absolute Gasteiger partial charge is 0.373 e. The minimum Gasteiger partial charge on any atom is -0.373 e. The first kappa shape index (κ1) is 24.3. The summed E-state index contributed by atoms with van der Waals surface area (Å²) in [5, 5.41) is 20.4. The Bertz CT molecular complexity index is 1600. The van der Waals surface area contributed by atoms with Crippen molar-refractivity contribution >= 4 is 51.2 Å². The molecule has 3 aromatic carbocycles. The molecule has 2 heterocycles. The van der Waals surface area contributed by atoms with Crippen molar-refractivity contribution in [3.63, 3.8) is 0 Å². The summed E-state index contributed by atoms with van der Waals surface area (Å²) in [5.41, 5.74) is 11.1. The van der Waals surface area contributed by atoms with E-state index in [1.165, 1.54) is 18.3 Å². The van der Waals surface area contributed by atoms with E-state index in [9.17, 15) is 9.65 Å². The molecule has 7 nitrogen and oxygen atoms in total. The quantitative estimate of drug-likeness (QED) is 0.203. The zero-order valence-electron chi connectivity index (χ0n) is 20.0. The van der Waals surface area contributed by atoms with Crippen molar-refractivity contribution in [2.24, 2.45) is 0 Å². The summed E-state index contributed by atoms with van der Waals surface area (Å²) in [6.07, 6.45) is 5.79. The van der Waals surface area contributed by atoms with Gasteiger partial charge in [0.2, 0.25) is 0 Å². The molecule has 0 bridgehead atoms. The Morgan fingerprint density at radius 2 is 1.89 bits per heavy atom. The van der Waals surface area contributed by atoms with Gasteiger partial charge in [-0.25, -0.2) is 4.39 Å². The molecule has 0 spiro atoms. The molecular formula is C28H22Cl2FN7. The molecule has 1 aliphatic heterocycles. The number of pyridine rings is 1. The maximum absolute atomic E-state index is 13.7. The second kappa shape index (κ2) is 10.0. The third-order valence-electron chi connectivity index (χ3n) is 6.51. The summed E-state index contributed by atoms with van der Waals surface area (Å²) in [6, 6.07) is 19.7. The van der Waals surface area contributed by atoms with E-state index in [2.05, 4.69) is 37.7 Å². The maximum atomic E-state index is 13.7. The van der Waals surface area contributed by atoms with E-state index in [4.69, 9.17) is 23.2 Å². The van der Waals surface area contributed by atoms with Gasteiger partial charge in [0.05, 0.1) is 33.5 Å². The van der Waals surface area contributed by atoms with Crippen molar-refractivity contribution in [3.05, 3.63) is 106 Å². The van der Waals surface area contributed by atoms with Crippen LogP contribution in [0.4, 0.5) is 21.5 Å². The average Bonchev–Trinajstić information content (AvgIpc) is 3.65. The molecule has 1 fully saturated rings. The highest BCUT2D eigenvalue weighted by molar-refractivity contribution is 6.36. The first-order chi connectivity index (χ1) is 18.5. The van der Waals surface area contributed by atoms with Gasteiger partial charge in [-0.1, -0.05) is 41.4 Å². The number of nitriles is 1. The lowest BCUT2D eigenvalue weighted by Gasteiger charge is -2.22.